The van der Waals surface area contributed by atoms with Gasteiger partial charge in [-0.05, 0) is 5.56 Å². The van der Waals surface area contributed by atoms with Gasteiger partial charge in [-0.1, -0.05) is 30.3 Å². The van der Waals surface area contributed by atoms with Gasteiger partial charge in [-0.15, -0.1) is 0 Å². The Morgan fingerprint density at radius 3 is 2.61 bits per heavy atom. The summed E-state index contributed by atoms with van der Waals surface area (Å²) in [6, 6.07) is 8.65. The van der Waals surface area contributed by atoms with Crippen LogP contribution in [0.4, 0.5) is 4.79 Å². The molecule has 0 saturated carbocycles. The number of hydrogen-bond donors (Lipinski definition) is 1. The molecule has 0 bridgehead atoms. The Hall–Kier alpha value is -2.12. The van der Waals surface area contributed by atoms with E-state index in [0.29, 0.717) is 26.2 Å². The van der Waals surface area contributed by atoms with Crippen LogP contribution in [0.3, 0.4) is 0 Å². The zero-order valence-corrected chi connectivity index (χ0v) is 12.6. The van der Waals surface area contributed by atoms with Gasteiger partial charge < -0.3 is 19.3 Å². The molecular formula is C16H19NO6. The van der Waals surface area contributed by atoms with E-state index >= 15 is 0 Å². The second-order valence-corrected chi connectivity index (χ2v) is 5.61. The normalized spacial score (nSPS) is 22.4. The quantitative estimate of drug-likeness (QED) is 0.907. The van der Waals surface area contributed by atoms with Crippen LogP contribution in [-0.4, -0.2) is 53.7 Å². The molecule has 3 rings (SSSR count). The molecule has 1 atom stereocenters. The summed E-state index contributed by atoms with van der Waals surface area (Å²) >= 11 is 0. The molecule has 0 aromatic heterocycles. The highest BCUT2D eigenvalue weighted by molar-refractivity contribution is 5.72. The van der Waals surface area contributed by atoms with Crippen LogP contribution in [0.5, 0.6) is 0 Å². The number of carbonyl (C=O) groups is 2. The van der Waals surface area contributed by atoms with Crippen molar-refractivity contribution in [2.24, 2.45) is 0 Å². The lowest BCUT2D eigenvalue weighted by Crippen LogP contribution is -2.48. The van der Waals surface area contributed by atoms with Crippen molar-refractivity contribution in [1.29, 1.82) is 0 Å². The second kappa shape index (κ2) is 6.55. The predicted octanol–water partition coefficient (Wildman–Crippen LogP) is 1.62. The highest BCUT2D eigenvalue weighted by atomic mass is 16.7. The number of carboxylic acids is 1. The van der Waals surface area contributed by atoms with Crippen LogP contribution >= 0.6 is 0 Å². The van der Waals surface area contributed by atoms with Crippen molar-refractivity contribution >= 4 is 12.1 Å². The molecule has 0 aliphatic carbocycles. The van der Waals surface area contributed by atoms with E-state index in [1.54, 1.807) is 0 Å². The van der Waals surface area contributed by atoms with Crippen LogP contribution in [0, 0.1) is 0 Å². The first-order valence-electron chi connectivity index (χ1n) is 7.58. The summed E-state index contributed by atoms with van der Waals surface area (Å²) in [7, 11) is 0. The van der Waals surface area contributed by atoms with E-state index in [2.05, 4.69) is 0 Å². The summed E-state index contributed by atoms with van der Waals surface area (Å²) < 4.78 is 16.6. The number of nitrogens with zero attached hydrogens (tertiary/aromatic N) is 1. The number of benzene rings is 1. The van der Waals surface area contributed by atoms with Gasteiger partial charge in [0.2, 0.25) is 0 Å². The van der Waals surface area contributed by atoms with Crippen LogP contribution in [0.2, 0.25) is 0 Å². The van der Waals surface area contributed by atoms with E-state index in [9.17, 15) is 9.59 Å². The Bertz CT molecular complexity index is 569. The first-order valence-corrected chi connectivity index (χ1v) is 7.58. The molecule has 2 heterocycles. The lowest BCUT2D eigenvalue weighted by atomic mass is 10.0. The number of ether oxygens (including phenoxy) is 3. The minimum Gasteiger partial charge on any atom is -0.481 e. The first-order chi connectivity index (χ1) is 11.1. The van der Waals surface area contributed by atoms with E-state index < -0.39 is 23.9 Å². The fraction of sp³-hybridized carbons (Fsp3) is 0.500. The van der Waals surface area contributed by atoms with Crippen molar-refractivity contribution in [3.05, 3.63) is 35.9 Å². The Labute approximate surface area is 133 Å². The maximum Gasteiger partial charge on any atom is 0.410 e. The summed E-state index contributed by atoms with van der Waals surface area (Å²) in [6.07, 6.45) is -0.331. The van der Waals surface area contributed by atoms with Crippen molar-refractivity contribution in [2.75, 3.05) is 19.8 Å². The minimum absolute atomic E-state index is 0.144. The van der Waals surface area contributed by atoms with Crippen LogP contribution in [-0.2, 0) is 25.6 Å². The molecule has 2 fully saturated rings. The molecule has 1 N–H and O–H groups in total. The first kappa shape index (κ1) is 15.8. The molecular weight excluding hydrogens is 302 g/mol. The van der Waals surface area contributed by atoms with Crippen molar-refractivity contribution in [3.63, 3.8) is 0 Å². The summed E-state index contributed by atoms with van der Waals surface area (Å²) in [5.74, 6) is -2.01. The van der Waals surface area contributed by atoms with Crippen molar-refractivity contribution in [1.82, 2.24) is 4.90 Å². The van der Waals surface area contributed by atoms with Gasteiger partial charge in [0.15, 0.2) is 5.79 Å². The summed E-state index contributed by atoms with van der Waals surface area (Å²) in [6.45, 7) is 1.31. The third-order valence-corrected chi connectivity index (χ3v) is 4.17. The number of aliphatic carboxylic acids is 1. The standard InChI is InChI=1S/C16H19NO6/c18-14(19)10-13-16(22-8-9-23-16)6-7-17(13)15(20)21-11-12-4-2-1-3-5-12/h1-5,13H,6-11H2,(H,18,19). The molecule has 2 aliphatic rings. The van der Waals surface area contributed by atoms with Gasteiger partial charge in [-0.25, -0.2) is 4.79 Å². The SMILES string of the molecule is O=C(O)CC1N(C(=O)OCc2ccccc2)CCC12OCCO2. The number of amides is 1. The Balaban J connectivity index is 1.67. The molecule has 124 valence electrons. The molecule has 2 aliphatic heterocycles. The summed E-state index contributed by atoms with van der Waals surface area (Å²) in [5, 5.41) is 9.14. The van der Waals surface area contributed by atoms with E-state index in [4.69, 9.17) is 19.3 Å². The van der Waals surface area contributed by atoms with Crippen LogP contribution < -0.4 is 0 Å². The molecule has 7 nitrogen and oxygen atoms in total. The molecule has 1 aromatic carbocycles. The topological polar surface area (TPSA) is 85.3 Å². The maximum atomic E-state index is 12.4. The van der Waals surface area contributed by atoms with E-state index in [0.717, 1.165) is 5.56 Å². The average molecular weight is 321 g/mol. The van der Waals surface area contributed by atoms with Crippen LogP contribution in [0.25, 0.3) is 0 Å². The lowest BCUT2D eigenvalue weighted by molar-refractivity contribution is -0.178. The number of carboxylic acid groups (broad SMARTS) is 1. The number of rotatable bonds is 4. The number of hydrogen-bond acceptors (Lipinski definition) is 5. The monoisotopic (exact) mass is 321 g/mol. The van der Waals surface area contributed by atoms with Gasteiger partial charge >= 0.3 is 12.1 Å². The maximum absolute atomic E-state index is 12.4. The van der Waals surface area contributed by atoms with Gasteiger partial charge in [-0.2, -0.15) is 0 Å². The molecule has 1 spiro atoms. The molecule has 2 saturated heterocycles. The molecule has 7 heteroatoms. The van der Waals surface area contributed by atoms with Gasteiger partial charge in [0, 0.05) is 13.0 Å². The molecule has 23 heavy (non-hydrogen) atoms. The van der Waals surface area contributed by atoms with E-state index in [-0.39, 0.29) is 13.0 Å². The smallest absolute Gasteiger partial charge is 0.410 e. The van der Waals surface area contributed by atoms with Gasteiger partial charge in [0.25, 0.3) is 0 Å². The zero-order valence-electron chi connectivity index (χ0n) is 12.6. The van der Waals surface area contributed by atoms with E-state index in [1.807, 2.05) is 30.3 Å². The highest BCUT2D eigenvalue weighted by Gasteiger charge is 2.54. The van der Waals surface area contributed by atoms with Crippen LogP contribution in [0.15, 0.2) is 30.3 Å². The second-order valence-electron chi connectivity index (χ2n) is 5.61. The lowest BCUT2D eigenvalue weighted by Gasteiger charge is -2.31. The number of likely N-dealkylation sites (tertiary alicyclic amines) is 1. The van der Waals surface area contributed by atoms with Gasteiger partial charge in [0.05, 0.1) is 25.7 Å². The number of carbonyl (C=O) groups excluding carboxylic acids is 1. The van der Waals surface area contributed by atoms with Crippen molar-refractivity contribution in [3.8, 4) is 0 Å². The molecule has 1 amide bonds. The van der Waals surface area contributed by atoms with Crippen molar-refractivity contribution < 1.29 is 28.9 Å². The third-order valence-electron chi connectivity index (χ3n) is 4.17. The Morgan fingerprint density at radius 1 is 1.26 bits per heavy atom. The van der Waals surface area contributed by atoms with Gasteiger partial charge in [0.1, 0.15) is 6.61 Å². The molecule has 1 unspecified atom stereocenters. The van der Waals surface area contributed by atoms with Crippen LogP contribution in [0.1, 0.15) is 18.4 Å². The zero-order chi connectivity index (χ0) is 16.3. The largest absolute Gasteiger partial charge is 0.481 e. The molecule has 0 radical (unpaired) electrons. The minimum atomic E-state index is -1.01. The Kier molecular flexibility index (Phi) is 4.49. The highest BCUT2D eigenvalue weighted by Crippen LogP contribution is 2.38. The summed E-state index contributed by atoms with van der Waals surface area (Å²) in [5.41, 5.74) is 0.873. The predicted molar refractivity (Wildman–Crippen MR) is 78.6 cm³/mol. The Morgan fingerprint density at radius 2 is 1.96 bits per heavy atom. The van der Waals surface area contributed by atoms with Gasteiger partial charge in [-0.3, -0.25) is 9.69 Å². The average Bonchev–Trinajstić information content (AvgIpc) is 3.15. The fourth-order valence-corrected chi connectivity index (χ4v) is 3.10. The molecule has 1 aromatic rings. The van der Waals surface area contributed by atoms with Crippen molar-refractivity contribution in [2.45, 2.75) is 31.3 Å². The third kappa shape index (κ3) is 3.30. The fourth-order valence-electron chi connectivity index (χ4n) is 3.10. The van der Waals surface area contributed by atoms with E-state index in [1.165, 1.54) is 4.90 Å². The summed E-state index contributed by atoms with van der Waals surface area (Å²) in [4.78, 5) is 24.9.